The zero-order valence-corrected chi connectivity index (χ0v) is 30.8. The Morgan fingerprint density at radius 1 is 0.281 bits per heavy atom. The summed E-state index contributed by atoms with van der Waals surface area (Å²) in [5, 5.41) is 6.58. The third-order valence-electron chi connectivity index (χ3n) is 10.9. The summed E-state index contributed by atoms with van der Waals surface area (Å²) in [6.07, 6.45) is 0. The van der Waals surface area contributed by atoms with Gasteiger partial charge in [-0.2, -0.15) is 0 Å². The molecule has 0 atom stereocenters. The molecule has 0 aliphatic heterocycles. The summed E-state index contributed by atoms with van der Waals surface area (Å²) in [6.45, 7) is 0. The van der Waals surface area contributed by atoms with Gasteiger partial charge in [0, 0.05) is 27.5 Å². The average molecular weight is 728 g/mol. The van der Waals surface area contributed by atoms with Crippen LogP contribution in [0.1, 0.15) is 0 Å². The lowest BCUT2D eigenvalue weighted by molar-refractivity contribution is 0.669. The van der Waals surface area contributed by atoms with E-state index in [4.69, 9.17) is 19.4 Å². The van der Waals surface area contributed by atoms with Gasteiger partial charge in [-0.15, -0.1) is 0 Å². The number of nitrogens with zero attached hydrogens (tertiary/aromatic N) is 3. The lowest BCUT2D eigenvalue weighted by atomic mass is 9.93. The lowest BCUT2D eigenvalue weighted by Crippen LogP contribution is -2.01. The van der Waals surface area contributed by atoms with Crippen LogP contribution in [-0.2, 0) is 0 Å². The molecule has 4 heteroatoms. The van der Waals surface area contributed by atoms with Gasteiger partial charge >= 0.3 is 0 Å². The molecule has 0 aliphatic rings. The second-order valence-corrected chi connectivity index (χ2v) is 14.4. The van der Waals surface area contributed by atoms with Crippen molar-refractivity contribution in [1.82, 2.24) is 15.0 Å². The molecule has 266 valence electrons. The molecule has 0 spiro atoms. The summed E-state index contributed by atoms with van der Waals surface area (Å²) >= 11 is 0. The predicted molar refractivity (Wildman–Crippen MR) is 235 cm³/mol. The Kier molecular flexibility index (Phi) is 7.78. The summed E-state index contributed by atoms with van der Waals surface area (Å²) in [5.41, 5.74) is 11.2. The van der Waals surface area contributed by atoms with Crippen LogP contribution < -0.4 is 0 Å². The fourth-order valence-electron chi connectivity index (χ4n) is 8.15. The molecular formula is C53H33N3O. The van der Waals surface area contributed by atoms with Gasteiger partial charge in [0.05, 0.1) is 0 Å². The summed E-state index contributed by atoms with van der Waals surface area (Å²) in [6, 6.07) is 69.9. The Bertz CT molecular complexity index is 3220. The molecule has 0 bridgehead atoms. The lowest BCUT2D eigenvalue weighted by Gasteiger charge is -2.13. The zero-order valence-electron chi connectivity index (χ0n) is 30.8. The third kappa shape index (κ3) is 5.83. The quantitative estimate of drug-likeness (QED) is 0.160. The summed E-state index contributed by atoms with van der Waals surface area (Å²) in [4.78, 5) is 15.6. The molecule has 0 fully saturated rings. The first-order valence-electron chi connectivity index (χ1n) is 19.2. The van der Waals surface area contributed by atoms with Gasteiger partial charge in [-0.25, -0.2) is 15.0 Å². The van der Waals surface area contributed by atoms with Crippen molar-refractivity contribution in [2.45, 2.75) is 0 Å². The van der Waals surface area contributed by atoms with Crippen LogP contribution >= 0.6 is 0 Å². The van der Waals surface area contributed by atoms with Crippen molar-refractivity contribution < 1.29 is 4.42 Å². The molecular weight excluding hydrogens is 695 g/mol. The van der Waals surface area contributed by atoms with Gasteiger partial charge in [-0.1, -0.05) is 158 Å². The Hall–Kier alpha value is -7.69. The fraction of sp³-hybridized carbons (Fsp3) is 0. The van der Waals surface area contributed by atoms with E-state index in [9.17, 15) is 0 Å². The molecule has 57 heavy (non-hydrogen) atoms. The van der Waals surface area contributed by atoms with E-state index in [1.54, 1.807) is 0 Å². The molecule has 0 unspecified atom stereocenters. The second kappa shape index (κ2) is 13.6. The summed E-state index contributed by atoms with van der Waals surface area (Å²) in [7, 11) is 0. The molecule has 9 aromatic carbocycles. The minimum Gasteiger partial charge on any atom is -0.456 e. The van der Waals surface area contributed by atoms with Crippen molar-refractivity contribution in [3.63, 3.8) is 0 Å². The number of fused-ring (bicyclic) bond motifs is 6. The monoisotopic (exact) mass is 727 g/mol. The van der Waals surface area contributed by atoms with E-state index in [0.29, 0.717) is 17.5 Å². The first kappa shape index (κ1) is 32.7. The van der Waals surface area contributed by atoms with E-state index in [2.05, 4.69) is 158 Å². The van der Waals surface area contributed by atoms with Crippen LogP contribution in [0.5, 0.6) is 0 Å². The molecule has 0 amide bonds. The fourth-order valence-corrected chi connectivity index (χ4v) is 8.15. The van der Waals surface area contributed by atoms with Gasteiger partial charge in [0.2, 0.25) is 0 Å². The Labute approximate surface area is 329 Å². The van der Waals surface area contributed by atoms with Crippen molar-refractivity contribution in [1.29, 1.82) is 0 Å². The van der Waals surface area contributed by atoms with E-state index in [-0.39, 0.29) is 0 Å². The summed E-state index contributed by atoms with van der Waals surface area (Å²) in [5.74, 6) is 1.84. The second-order valence-electron chi connectivity index (χ2n) is 14.4. The molecule has 0 aliphatic carbocycles. The molecule has 11 aromatic rings. The van der Waals surface area contributed by atoms with E-state index in [1.165, 1.54) is 16.5 Å². The van der Waals surface area contributed by atoms with Crippen molar-refractivity contribution in [2.75, 3.05) is 0 Å². The van der Waals surface area contributed by atoms with Crippen LogP contribution in [0.25, 0.3) is 111 Å². The SMILES string of the molecule is c1ccc(-c2cc(-c3ccccc3)cc(-c3ccc4c(c3)oc3cccc(-c5nc(-c6ccccc6)nc(-c6cc7ccccc7c7ccccc67)n5)c34)c2)cc1. The standard InChI is InChI=1S/C53H33N3O/c1-4-15-34(16-5-1)39-29-40(35-17-6-2-7-18-35)31-41(30-39)37-27-28-45-49(33-37)57-48-26-14-25-46(50(45)48)52-54-51(36-19-8-3-9-20-36)55-53(56-52)47-32-38-21-10-11-22-42(38)43-23-12-13-24-44(43)47/h1-33H. The van der Waals surface area contributed by atoms with Crippen LogP contribution in [0, 0.1) is 0 Å². The van der Waals surface area contributed by atoms with E-state index in [1.807, 2.05) is 42.5 Å². The first-order valence-corrected chi connectivity index (χ1v) is 19.2. The third-order valence-corrected chi connectivity index (χ3v) is 10.9. The minimum absolute atomic E-state index is 0.594. The number of benzene rings is 9. The largest absolute Gasteiger partial charge is 0.456 e. The Balaban J connectivity index is 1.10. The topological polar surface area (TPSA) is 51.8 Å². The molecule has 2 heterocycles. The van der Waals surface area contributed by atoms with Crippen molar-refractivity contribution in [3.8, 4) is 67.5 Å². The number of rotatable bonds is 6. The maximum absolute atomic E-state index is 6.67. The molecule has 0 N–H and O–H groups in total. The van der Waals surface area contributed by atoms with Gasteiger partial charge in [0.25, 0.3) is 0 Å². The predicted octanol–water partition coefficient (Wildman–Crippen LogP) is 14.1. The van der Waals surface area contributed by atoms with E-state index >= 15 is 0 Å². The number of furan rings is 1. The smallest absolute Gasteiger partial charge is 0.164 e. The number of aromatic nitrogens is 3. The van der Waals surface area contributed by atoms with E-state index < -0.39 is 0 Å². The normalized spacial score (nSPS) is 11.5. The van der Waals surface area contributed by atoms with Gasteiger partial charge in [0.15, 0.2) is 17.5 Å². The Morgan fingerprint density at radius 2 is 0.825 bits per heavy atom. The Morgan fingerprint density at radius 3 is 1.51 bits per heavy atom. The maximum atomic E-state index is 6.67. The molecule has 0 saturated heterocycles. The minimum atomic E-state index is 0.594. The highest BCUT2D eigenvalue weighted by Crippen LogP contribution is 2.41. The first-order chi connectivity index (χ1) is 28.2. The summed E-state index contributed by atoms with van der Waals surface area (Å²) < 4.78 is 6.67. The van der Waals surface area contributed by atoms with Crippen molar-refractivity contribution in [2.24, 2.45) is 0 Å². The molecule has 4 nitrogen and oxygen atoms in total. The van der Waals surface area contributed by atoms with Crippen LogP contribution in [-0.4, -0.2) is 15.0 Å². The van der Waals surface area contributed by atoms with Crippen molar-refractivity contribution in [3.05, 3.63) is 200 Å². The van der Waals surface area contributed by atoms with Crippen LogP contribution in [0.4, 0.5) is 0 Å². The zero-order chi connectivity index (χ0) is 37.7. The number of hydrogen-bond donors (Lipinski definition) is 0. The highest BCUT2D eigenvalue weighted by atomic mass is 16.3. The molecule has 11 rings (SSSR count). The maximum Gasteiger partial charge on any atom is 0.164 e. The highest BCUT2D eigenvalue weighted by Gasteiger charge is 2.20. The van der Waals surface area contributed by atoms with Crippen LogP contribution in [0.3, 0.4) is 0 Å². The van der Waals surface area contributed by atoms with Crippen LogP contribution in [0.15, 0.2) is 205 Å². The highest BCUT2D eigenvalue weighted by molar-refractivity contribution is 6.14. The van der Waals surface area contributed by atoms with E-state index in [0.717, 1.165) is 77.0 Å². The molecule has 2 aromatic heterocycles. The van der Waals surface area contributed by atoms with Crippen molar-refractivity contribution >= 4 is 43.5 Å². The average Bonchev–Trinajstić information content (AvgIpc) is 3.68. The van der Waals surface area contributed by atoms with Gasteiger partial charge in [-0.3, -0.25) is 0 Å². The van der Waals surface area contributed by atoms with Gasteiger partial charge in [-0.05, 0) is 97.4 Å². The molecule has 0 saturated carbocycles. The molecule has 0 radical (unpaired) electrons. The van der Waals surface area contributed by atoms with Gasteiger partial charge in [0.1, 0.15) is 11.2 Å². The number of hydrogen-bond acceptors (Lipinski definition) is 4. The van der Waals surface area contributed by atoms with Crippen LogP contribution in [0.2, 0.25) is 0 Å². The van der Waals surface area contributed by atoms with Gasteiger partial charge < -0.3 is 4.42 Å².